The predicted octanol–water partition coefficient (Wildman–Crippen LogP) is 7.26. The van der Waals surface area contributed by atoms with Gasteiger partial charge in [0.15, 0.2) is 0 Å². The van der Waals surface area contributed by atoms with E-state index in [0.717, 1.165) is 55.4 Å². The topological polar surface area (TPSA) is 80.3 Å². The molecule has 0 saturated heterocycles. The van der Waals surface area contributed by atoms with Crippen molar-refractivity contribution < 1.29 is 33.3 Å². The molecule has 0 atom stereocenters. The van der Waals surface area contributed by atoms with Crippen LogP contribution in [0.2, 0.25) is 0 Å². The lowest BCUT2D eigenvalue weighted by Gasteiger charge is -2.12. The Bertz CT molecular complexity index is 907. The molecular formula is C32H46O7. The summed E-state index contributed by atoms with van der Waals surface area (Å²) in [5, 5.41) is 0. The van der Waals surface area contributed by atoms with E-state index in [1.54, 1.807) is 12.1 Å². The number of hydrogen-bond donors (Lipinski definition) is 0. The molecule has 2 aromatic rings. The molecule has 0 N–H and O–H groups in total. The third-order valence-corrected chi connectivity index (χ3v) is 5.98. The number of benzene rings is 2. The highest BCUT2D eigenvalue weighted by molar-refractivity contribution is 5.97. The number of hydrogen-bond acceptors (Lipinski definition) is 7. The normalized spacial score (nSPS) is 10.8. The first kappa shape index (κ1) is 32.3. The van der Waals surface area contributed by atoms with Gasteiger partial charge in [0.25, 0.3) is 0 Å². The zero-order valence-electron chi connectivity index (χ0n) is 24.0. The SMILES string of the molecule is CCCCOCCCOC(=O)c1cc(C(=O)OCCCOCCCC)cc(-c2ccc(OCCCC)cc2)c1. The van der Waals surface area contributed by atoms with E-state index in [0.29, 0.717) is 57.0 Å². The molecule has 0 aliphatic heterocycles. The number of ether oxygens (including phenoxy) is 5. The maximum atomic E-state index is 12.9. The summed E-state index contributed by atoms with van der Waals surface area (Å²) in [6.07, 6.45) is 7.49. The molecule has 2 rings (SSSR count). The molecular weight excluding hydrogens is 496 g/mol. The molecule has 0 heterocycles. The van der Waals surface area contributed by atoms with E-state index >= 15 is 0 Å². The lowest BCUT2D eigenvalue weighted by atomic mass is 9.99. The summed E-state index contributed by atoms with van der Waals surface area (Å²) in [6, 6.07) is 12.6. The van der Waals surface area contributed by atoms with Gasteiger partial charge in [-0.3, -0.25) is 0 Å². The van der Waals surface area contributed by atoms with Crippen LogP contribution >= 0.6 is 0 Å². The van der Waals surface area contributed by atoms with Gasteiger partial charge in [-0.15, -0.1) is 0 Å². The van der Waals surface area contributed by atoms with E-state index in [-0.39, 0.29) is 13.2 Å². The van der Waals surface area contributed by atoms with Gasteiger partial charge in [0, 0.05) is 39.3 Å². The highest BCUT2D eigenvalue weighted by Gasteiger charge is 2.16. The van der Waals surface area contributed by atoms with Crippen LogP contribution in [0.15, 0.2) is 42.5 Å². The van der Waals surface area contributed by atoms with Crippen LogP contribution in [0.5, 0.6) is 5.75 Å². The van der Waals surface area contributed by atoms with Crippen LogP contribution < -0.4 is 4.74 Å². The van der Waals surface area contributed by atoms with E-state index in [4.69, 9.17) is 23.7 Å². The smallest absolute Gasteiger partial charge is 0.338 e. The van der Waals surface area contributed by atoms with Crippen molar-refractivity contribution in [2.24, 2.45) is 0 Å². The molecule has 39 heavy (non-hydrogen) atoms. The summed E-state index contributed by atoms with van der Waals surface area (Å²) < 4.78 is 27.8. The van der Waals surface area contributed by atoms with Gasteiger partial charge >= 0.3 is 11.9 Å². The Balaban J connectivity index is 2.07. The molecule has 0 unspecified atom stereocenters. The Labute approximate surface area is 234 Å². The zero-order valence-corrected chi connectivity index (χ0v) is 24.0. The fourth-order valence-corrected chi connectivity index (χ4v) is 3.62. The summed E-state index contributed by atoms with van der Waals surface area (Å²) in [6.45, 7) is 10.0. The summed E-state index contributed by atoms with van der Waals surface area (Å²) in [7, 11) is 0. The maximum Gasteiger partial charge on any atom is 0.338 e. The molecule has 0 fully saturated rings. The second-order valence-corrected chi connectivity index (χ2v) is 9.44. The van der Waals surface area contributed by atoms with Gasteiger partial charge in [-0.05, 0) is 60.7 Å². The van der Waals surface area contributed by atoms with Crippen LogP contribution in [-0.4, -0.2) is 58.2 Å². The molecule has 0 radical (unpaired) electrons. The minimum absolute atomic E-state index is 0.247. The molecule has 0 aliphatic rings. The van der Waals surface area contributed by atoms with Crippen molar-refractivity contribution >= 4 is 11.9 Å². The van der Waals surface area contributed by atoms with Crippen LogP contribution in [0.1, 0.15) is 92.9 Å². The van der Waals surface area contributed by atoms with Crippen molar-refractivity contribution in [1.29, 1.82) is 0 Å². The third-order valence-electron chi connectivity index (χ3n) is 5.98. The van der Waals surface area contributed by atoms with Crippen LogP contribution in [-0.2, 0) is 18.9 Å². The molecule has 7 heteroatoms. The molecule has 2 aromatic carbocycles. The maximum absolute atomic E-state index is 12.9. The lowest BCUT2D eigenvalue weighted by molar-refractivity contribution is 0.0444. The van der Waals surface area contributed by atoms with Gasteiger partial charge in [0.1, 0.15) is 5.75 Å². The Morgan fingerprint density at radius 1 is 0.538 bits per heavy atom. The molecule has 0 aliphatic carbocycles. The van der Waals surface area contributed by atoms with Gasteiger partial charge in [-0.1, -0.05) is 52.2 Å². The van der Waals surface area contributed by atoms with Gasteiger partial charge in [0.2, 0.25) is 0 Å². The Morgan fingerprint density at radius 2 is 1.00 bits per heavy atom. The van der Waals surface area contributed by atoms with E-state index < -0.39 is 11.9 Å². The van der Waals surface area contributed by atoms with Crippen molar-refractivity contribution in [3.8, 4) is 16.9 Å². The Morgan fingerprint density at radius 3 is 1.49 bits per heavy atom. The van der Waals surface area contributed by atoms with E-state index in [2.05, 4.69) is 20.8 Å². The first-order valence-corrected chi connectivity index (χ1v) is 14.5. The van der Waals surface area contributed by atoms with Gasteiger partial charge in [-0.2, -0.15) is 0 Å². The molecule has 7 nitrogen and oxygen atoms in total. The number of unbranched alkanes of at least 4 members (excludes halogenated alkanes) is 3. The third kappa shape index (κ3) is 13.1. The second kappa shape index (κ2) is 20.1. The van der Waals surface area contributed by atoms with Crippen LogP contribution in [0.25, 0.3) is 11.1 Å². The summed E-state index contributed by atoms with van der Waals surface area (Å²) in [4.78, 5) is 25.7. The summed E-state index contributed by atoms with van der Waals surface area (Å²) >= 11 is 0. The van der Waals surface area contributed by atoms with Crippen molar-refractivity contribution in [1.82, 2.24) is 0 Å². The number of carbonyl (C=O) groups is 2. The molecule has 0 amide bonds. The quantitative estimate of drug-likeness (QED) is 0.121. The Hall–Kier alpha value is -2.90. The minimum atomic E-state index is -0.483. The lowest BCUT2D eigenvalue weighted by Crippen LogP contribution is -2.12. The van der Waals surface area contributed by atoms with Crippen molar-refractivity contribution in [2.75, 3.05) is 46.2 Å². The fourth-order valence-electron chi connectivity index (χ4n) is 3.62. The second-order valence-electron chi connectivity index (χ2n) is 9.44. The fraction of sp³-hybridized carbons (Fsp3) is 0.562. The largest absolute Gasteiger partial charge is 0.494 e. The number of esters is 2. The van der Waals surface area contributed by atoms with Gasteiger partial charge in [-0.25, -0.2) is 9.59 Å². The average Bonchev–Trinajstić information content (AvgIpc) is 2.96. The minimum Gasteiger partial charge on any atom is -0.494 e. The van der Waals surface area contributed by atoms with Crippen LogP contribution in [0.4, 0.5) is 0 Å². The van der Waals surface area contributed by atoms with Gasteiger partial charge < -0.3 is 23.7 Å². The van der Waals surface area contributed by atoms with Crippen LogP contribution in [0.3, 0.4) is 0 Å². The molecule has 0 aromatic heterocycles. The van der Waals surface area contributed by atoms with Crippen molar-refractivity contribution in [3.05, 3.63) is 53.6 Å². The average molecular weight is 543 g/mol. The predicted molar refractivity (Wildman–Crippen MR) is 154 cm³/mol. The van der Waals surface area contributed by atoms with Crippen LogP contribution in [0, 0.1) is 0 Å². The number of carbonyl (C=O) groups excluding carboxylic acids is 2. The molecule has 216 valence electrons. The first-order valence-electron chi connectivity index (χ1n) is 14.5. The first-order chi connectivity index (χ1) is 19.1. The molecule has 0 saturated carbocycles. The highest BCUT2D eigenvalue weighted by atomic mass is 16.5. The van der Waals surface area contributed by atoms with E-state index in [1.165, 1.54) is 6.07 Å². The summed E-state index contributed by atoms with van der Waals surface area (Å²) in [5.41, 5.74) is 2.19. The van der Waals surface area contributed by atoms with Crippen molar-refractivity contribution in [3.63, 3.8) is 0 Å². The Kier molecular flexibility index (Phi) is 16.6. The van der Waals surface area contributed by atoms with E-state index in [9.17, 15) is 9.59 Å². The highest BCUT2D eigenvalue weighted by Crippen LogP contribution is 2.26. The monoisotopic (exact) mass is 542 g/mol. The standard InChI is InChI=1S/C32H46O7/c1-4-7-16-35-18-10-21-38-31(33)28-23-27(26-12-14-30(15-13-26)37-20-9-6-3)24-29(25-28)32(34)39-22-11-19-36-17-8-5-2/h12-15,23-25H,4-11,16-22H2,1-3H3. The van der Waals surface area contributed by atoms with E-state index in [1.807, 2.05) is 24.3 Å². The summed E-state index contributed by atoms with van der Waals surface area (Å²) in [5.74, 6) is -0.184. The molecule has 0 spiro atoms. The van der Waals surface area contributed by atoms with Gasteiger partial charge in [0.05, 0.1) is 30.9 Å². The molecule has 0 bridgehead atoms. The number of rotatable bonds is 21. The van der Waals surface area contributed by atoms with Crippen molar-refractivity contribution in [2.45, 2.75) is 72.1 Å². The zero-order chi connectivity index (χ0) is 28.1.